The molecule has 22 heavy (non-hydrogen) atoms. The number of carbonyl (C=O) groups is 1. The highest BCUT2D eigenvalue weighted by Crippen LogP contribution is 2.12. The van der Waals surface area contributed by atoms with Gasteiger partial charge in [0.1, 0.15) is 0 Å². The highest BCUT2D eigenvalue weighted by Gasteiger charge is 2.13. The molecule has 0 fully saturated rings. The fourth-order valence-electron chi connectivity index (χ4n) is 2.24. The Balaban J connectivity index is 1.76. The lowest BCUT2D eigenvalue weighted by molar-refractivity contribution is 0.0950. The first kappa shape index (κ1) is 13.9. The molecule has 3 aromatic rings. The normalized spacial score (nSPS) is 10.5. The first-order chi connectivity index (χ1) is 10.8. The first-order valence-electron chi connectivity index (χ1n) is 6.90. The van der Waals surface area contributed by atoms with E-state index in [0.717, 1.165) is 5.56 Å². The zero-order chi connectivity index (χ0) is 15.4. The Morgan fingerprint density at radius 2 is 1.82 bits per heavy atom. The van der Waals surface area contributed by atoms with Crippen molar-refractivity contribution in [3.05, 3.63) is 70.4 Å². The van der Waals surface area contributed by atoms with E-state index in [-0.39, 0.29) is 17.2 Å². The molecule has 0 atom stereocenters. The van der Waals surface area contributed by atoms with Crippen molar-refractivity contribution in [2.45, 2.75) is 6.42 Å². The second-order valence-electron chi connectivity index (χ2n) is 4.81. The third kappa shape index (κ3) is 2.85. The number of hydrogen-bond acceptors (Lipinski definition) is 4. The molecule has 1 aromatic carbocycles. The minimum atomic E-state index is -0.304. The number of H-pyrrole nitrogens is 1. The Labute approximate surface area is 126 Å². The molecule has 0 bridgehead atoms. The molecular formula is C16H14N4O2. The molecule has 0 saturated carbocycles. The number of carbonyl (C=O) groups excluding carboxylic acids is 1. The van der Waals surface area contributed by atoms with E-state index in [1.165, 1.54) is 0 Å². The van der Waals surface area contributed by atoms with Crippen molar-refractivity contribution in [3.63, 3.8) is 0 Å². The molecule has 0 aliphatic carbocycles. The maximum atomic E-state index is 12.3. The van der Waals surface area contributed by atoms with Gasteiger partial charge in [-0.25, -0.2) is 5.10 Å². The number of amides is 1. The van der Waals surface area contributed by atoms with Gasteiger partial charge in [-0.05, 0) is 30.2 Å². The predicted octanol–water partition coefficient (Wildman–Crippen LogP) is 1.29. The molecule has 0 spiro atoms. The summed E-state index contributed by atoms with van der Waals surface area (Å²) in [5.74, 6) is -0.304. The fraction of sp³-hybridized carbons (Fsp3) is 0.125. The van der Waals surface area contributed by atoms with Gasteiger partial charge < -0.3 is 5.32 Å². The van der Waals surface area contributed by atoms with Gasteiger partial charge in [-0.15, -0.1) is 0 Å². The lowest BCUT2D eigenvalue weighted by Crippen LogP contribution is -2.28. The van der Waals surface area contributed by atoms with E-state index in [1.807, 2.05) is 12.1 Å². The third-order valence-corrected chi connectivity index (χ3v) is 3.36. The molecule has 2 heterocycles. The number of pyridine rings is 1. The van der Waals surface area contributed by atoms with E-state index >= 15 is 0 Å². The molecule has 3 rings (SSSR count). The lowest BCUT2D eigenvalue weighted by Gasteiger charge is -2.06. The van der Waals surface area contributed by atoms with Crippen LogP contribution in [0.15, 0.2) is 53.6 Å². The molecular weight excluding hydrogens is 280 g/mol. The summed E-state index contributed by atoms with van der Waals surface area (Å²) in [6, 6.07) is 10.7. The zero-order valence-corrected chi connectivity index (χ0v) is 11.7. The minimum absolute atomic E-state index is 0.227. The highest BCUT2D eigenvalue weighted by atomic mass is 16.2. The summed E-state index contributed by atoms with van der Waals surface area (Å²) in [7, 11) is 0. The van der Waals surface area contributed by atoms with Gasteiger partial charge in [-0.2, -0.15) is 5.10 Å². The van der Waals surface area contributed by atoms with Crippen molar-refractivity contribution in [3.8, 4) is 0 Å². The summed E-state index contributed by atoms with van der Waals surface area (Å²) in [4.78, 5) is 27.9. The van der Waals surface area contributed by atoms with E-state index in [1.54, 1.807) is 36.7 Å². The minimum Gasteiger partial charge on any atom is -0.350 e. The standard InChI is InChI=1S/C16H14N4O2/c21-15-13-4-2-1-3-12(13)14(19-20-15)16(22)18-10-7-11-5-8-17-9-6-11/h1-6,8-9H,7,10H2,(H,18,22)(H,20,21). The Hall–Kier alpha value is -3.02. The summed E-state index contributed by atoms with van der Waals surface area (Å²) in [6.07, 6.45) is 4.14. The van der Waals surface area contributed by atoms with Crippen molar-refractivity contribution in [1.82, 2.24) is 20.5 Å². The van der Waals surface area contributed by atoms with Gasteiger partial charge >= 0.3 is 0 Å². The molecule has 6 heteroatoms. The number of nitrogens with zero attached hydrogens (tertiary/aromatic N) is 2. The van der Waals surface area contributed by atoms with Crippen LogP contribution in [0.25, 0.3) is 10.8 Å². The second kappa shape index (κ2) is 6.17. The van der Waals surface area contributed by atoms with Gasteiger partial charge in [0.15, 0.2) is 5.69 Å². The number of fused-ring (bicyclic) bond motifs is 1. The zero-order valence-electron chi connectivity index (χ0n) is 11.7. The van der Waals surface area contributed by atoms with Gasteiger partial charge in [-0.3, -0.25) is 14.6 Å². The average Bonchev–Trinajstić information content (AvgIpc) is 2.56. The average molecular weight is 294 g/mol. The van der Waals surface area contributed by atoms with Gasteiger partial charge in [0.25, 0.3) is 11.5 Å². The number of nitrogens with one attached hydrogen (secondary N) is 2. The molecule has 0 radical (unpaired) electrons. The SMILES string of the molecule is O=C(NCCc1ccncc1)c1n[nH]c(=O)c2ccccc12. The van der Waals surface area contributed by atoms with E-state index in [2.05, 4.69) is 20.5 Å². The first-order valence-corrected chi connectivity index (χ1v) is 6.90. The van der Waals surface area contributed by atoms with Crippen molar-refractivity contribution in [1.29, 1.82) is 0 Å². The van der Waals surface area contributed by atoms with E-state index < -0.39 is 0 Å². The fourth-order valence-corrected chi connectivity index (χ4v) is 2.24. The van der Waals surface area contributed by atoms with Crippen LogP contribution in [0.3, 0.4) is 0 Å². The summed E-state index contributed by atoms with van der Waals surface area (Å²) in [6.45, 7) is 0.484. The molecule has 6 nitrogen and oxygen atoms in total. The van der Waals surface area contributed by atoms with E-state index in [9.17, 15) is 9.59 Å². The molecule has 1 amide bonds. The van der Waals surface area contributed by atoms with Crippen LogP contribution in [-0.4, -0.2) is 27.6 Å². The third-order valence-electron chi connectivity index (χ3n) is 3.36. The monoisotopic (exact) mass is 294 g/mol. The van der Waals surface area contributed by atoms with Crippen LogP contribution in [0.4, 0.5) is 0 Å². The molecule has 2 N–H and O–H groups in total. The summed E-state index contributed by atoms with van der Waals surface area (Å²) >= 11 is 0. The topological polar surface area (TPSA) is 87.7 Å². The van der Waals surface area contributed by atoms with Gasteiger partial charge in [0.05, 0.1) is 5.39 Å². The van der Waals surface area contributed by atoms with Crippen molar-refractivity contribution in [2.75, 3.05) is 6.54 Å². The lowest BCUT2D eigenvalue weighted by atomic mass is 10.1. The number of aromatic amines is 1. The largest absolute Gasteiger partial charge is 0.350 e. The van der Waals surface area contributed by atoms with Crippen LogP contribution in [0, 0.1) is 0 Å². The molecule has 0 unspecified atom stereocenters. The Bertz CT molecular complexity index is 859. The van der Waals surface area contributed by atoms with Gasteiger partial charge in [0, 0.05) is 24.3 Å². The Kier molecular flexibility index (Phi) is 3.91. The Morgan fingerprint density at radius 1 is 1.09 bits per heavy atom. The molecule has 2 aromatic heterocycles. The van der Waals surface area contributed by atoms with Crippen LogP contribution in [-0.2, 0) is 6.42 Å². The van der Waals surface area contributed by atoms with Crippen LogP contribution < -0.4 is 10.9 Å². The predicted molar refractivity (Wildman–Crippen MR) is 82.6 cm³/mol. The van der Waals surface area contributed by atoms with Crippen LogP contribution in [0.5, 0.6) is 0 Å². The quantitative estimate of drug-likeness (QED) is 0.759. The van der Waals surface area contributed by atoms with Crippen molar-refractivity contribution < 1.29 is 4.79 Å². The van der Waals surface area contributed by atoms with E-state index in [4.69, 9.17) is 0 Å². The van der Waals surface area contributed by atoms with E-state index in [0.29, 0.717) is 23.7 Å². The van der Waals surface area contributed by atoms with Crippen molar-refractivity contribution in [2.24, 2.45) is 0 Å². The Morgan fingerprint density at radius 3 is 2.59 bits per heavy atom. The van der Waals surface area contributed by atoms with Crippen molar-refractivity contribution >= 4 is 16.7 Å². The number of aromatic nitrogens is 3. The van der Waals surface area contributed by atoms with Crippen LogP contribution >= 0.6 is 0 Å². The number of hydrogen-bond donors (Lipinski definition) is 2. The number of rotatable bonds is 4. The summed E-state index contributed by atoms with van der Waals surface area (Å²) in [5.41, 5.74) is 1.02. The highest BCUT2D eigenvalue weighted by molar-refractivity contribution is 6.04. The molecule has 110 valence electrons. The van der Waals surface area contributed by atoms with Crippen LogP contribution in [0.1, 0.15) is 16.1 Å². The maximum Gasteiger partial charge on any atom is 0.272 e. The smallest absolute Gasteiger partial charge is 0.272 e. The molecule has 0 saturated heterocycles. The van der Waals surface area contributed by atoms with Gasteiger partial charge in [0.2, 0.25) is 0 Å². The summed E-state index contributed by atoms with van der Waals surface area (Å²) in [5, 5.41) is 10.0. The molecule has 0 aliphatic heterocycles. The molecule has 0 aliphatic rings. The van der Waals surface area contributed by atoms with Gasteiger partial charge in [-0.1, -0.05) is 18.2 Å². The van der Waals surface area contributed by atoms with Crippen LogP contribution in [0.2, 0.25) is 0 Å². The number of benzene rings is 1. The summed E-state index contributed by atoms with van der Waals surface area (Å²) < 4.78 is 0. The second-order valence-corrected chi connectivity index (χ2v) is 4.81. The maximum absolute atomic E-state index is 12.3.